The summed E-state index contributed by atoms with van der Waals surface area (Å²) >= 11 is 0. The van der Waals surface area contributed by atoms with Gasteiger partial charge in [-0.3, -0.25) is 9.78 Å². The average molecular weight is 399 g/mol. The maximum absolute atomic E-state index is 13.7. The maximum Gasteiger partial charge on any atom is 0.273 e. The van der Waals surface area contributed by atoms with Gasteiger partial charge in [0.15, 0.2) is 5.65 Å². The zero-order valence-corrected chi connectivity index (χ0v) is 17.4. The van der Waals surface area contributed by atoms with Crippen LogP contribution in [0.3, 0.4) is 0 Å². The third kappa shape index (κ3) is 3.68. The summed E-state index contributed by atoms with van der Waals surface area (Å²) in [6, 6.07) is 15.7. The molecule has 6 heteroatoms. The summed E-state index contributed by atoms with van der Waals surface area (Å²) in [5, 5.41) is 4.29. The van der Waals surface area contributed by atoms with Crippen molar-refractivity contribution in [1.82, 2.24) is 24.5 Å². The highest BCUT2D eigenvalue weighted by Gasteiger charge is 2.28. The van der Waals surface area contributed by atoms with Crippen molar-refractivity contribution < 1.29 is 4.79 Å². The van der Waals surface area contributed by atoms with Gasteiger partial charge < -0.3 is 4.90 Å². The van der Waals surface area contributed by atoms with E-state index in [1.807, 2.05) is 30.2 Å². The lowest BCUT2D eigenvalue weighted by Crippen LogP contribution is -2.36. The molecular weight excluding hydrogens is 374 g/mol. The molecule has 0 saturated heterocycles. The number of amides is 1. The van der Waals surface area contributed by atoms with E-state index in [4.69, 9.17) is 0 Å². The molecule has 0 N–H and O–H groups in total. The van der Waals surface area contributed by atoms with Gasteiger partial charge in [0.2, 0.25) is 0 Å². The van der Waals surface area contributed by atoms with Crippen molar-refractivity contribution in [2.75, 3.05) is 6.54 Å². The molecule has 4 rings (SSSR count). The van der Waals surface area contributed by atoms with Crippen LogP contribution in [-0.4, -0.2) is 36.9 Å². The van der Waals surface area contributed by atoms with Gasteiger partial charge in [-0.1, -0.05) is 44.2 Å². The van der Waals surface area contributed by atoms with Crippen LogP contribution in [0.15, 0.2) is 73.3 Å². The van der Waals surface area contributed by atoms with Gasteiger partial charge in [-0.05, 0) is 41.7 Å². The summed E-state index contributed by atoms with van der Waals surface area (Å²) in [6.07, 6.45) is 6.87. The summed E-state index contributed by atoms with van der Waals surface area (Å²) in [7, 11) is 0. The van der Waals surface area contributed by atoms with Gasteiger partial charge in [-0.2, -0.15) is 5.10 Å². The first-order valence-electron chi connectivity index (χ1n) is 10.2. The molecule has 1 unspecified atom stereocenters. The highest BCUT2D eigenvalue weighted by atomic mass is 16.2. The normalized spacial score (nSPS) is 12.3. The Morgan fingerprint density at radius 1 is 0.967 bits per heavy atom. The Morgan fingerprint density at radius 3 is 2.40 bits per heavy atom. The van der Waals surface area contributed by atoms with Gasteiger partial charge >= 0.3 is 0 Å². The quantitative estimate of drug-likeness (QED) is 0.479. The third-order valence-electron chi connectivity index (χ3n) is 5.34. The fraction of sp³-hybridized carbons (Fsp3) is 0.250. The topological polar surface area (TPSA) is 63.4 Å². The number of rotatable bonds is 6. The summed E-state index contributed by atoms with van der Waals surface area (Å²) in [5.41, 5.74) is 4.42. The lowest BCUT2D eigenvalue weighted by atomic mass is 9.94. The fourth-order valence-corrected chi connectivity index (χ4v) is 3.74. The van der Waals surface area contributed by atoms with Crippen LogP contribution in [0.1, 0.15) is 59.9 Å². The van der Waals surface area contributed by atoms with E-state index in [1.54, 1.807) is 35.2 Å². The molecule has 3 aromatic heterocycles. The van der Waals surface area contributed by atoms with E-state index >= 15 is 0 Å². The van der Waals surface area contributed by atoms with Gasteiger partial charge in [0.25, 0.3) is 5.91 Å². The summed E-state index contributed by atoms with van der Waals surface area (Å²) in [4.78, 5) is 24.1. The SMILES string of the molecule is CCN(C(=O)c1ccnc2ccnn12)C(c1ccc(C(C)C)cc1)c1cccnc1. The van der Waals surface area contributed by atoms with E-state index in [1.165, 1.54) is 5.56 Å². The van der Waals surface area contributed by atoms with Crippen LogP contribution in [0.25, 0.3) is 5.65 Å². The Labute approximate surface area is 176 Å². The number of carbonyl (C=O) groups excluding carboxylic acids is 1. The molecule has 0 fully saturated rings. The van der Waals surface area contributed by atoms with Crippen LogP contribution >= 0.6 is 0 Å². The number of nitrogens with zero attached hydrogens (tertiary/aromatic N) is 5. The summed E-state index contributed by atoms with van der Waals surface area (Å²) in [5.74, 6) is 0.347. The van der Waals surface area contributed by atoms with Crippen molar-refractivity contribution in [3.63, 3.8) is 0 Å². The minimum absolute atomic E-state index is 0.101. The minimum atomic E-state index is -0.254. The molecule has 0 bridgehead atoms. The Bertz CT molecular complexity index is 1140. The van der Waals surface area contributed by atoms with Crippen LogP contribution in [0.2, 0.25) is 0 Å². The fourth-order valence-electron chi connectivity index (χ4n) is 3.74. The van der Waals surface area contributed by atoms with Gasteiger partial charge in [0.1, 0.15) is 5.69 Å². The molecule has 0 radical (unpaired) electrons. The number of hydrogen-bond acceptors (Lipinski definition) is 4. The molecule has 4 aromatic rings. The second-order valence-electron chi connectivity index (χ2n) is 7.53. The second-order valence-corrected chi connectivity index (χ2v) is 7.53. The lowest BCUT2D eigenvalue weighted by Gasteiger charge is -2.32. The van der Waals surface area contributed by atoms with Crippen molar-refractivity contribution in [3.8, 4) is 0 Å². The number of aromatic nitrogens is 4. The van der Waals surface area contributed by atoms with Crippen molar-refractivity contribution in [2.24, 2.45) is 0 Å². The van der Waals surface area contributed by atoms with Gasteiger partial charge in [-0.15, -0.1) is 0 Å². The molecule has 0 aliphatic rings. The molecule has 0 saturated carbocycles. The van der Waals surface area contributed by atoms with E-state index < -0.39 is 0 Å². The molecular formula is C24H25N5O. The maximum atomic E-state index is 13.7. The van der Waals surface area contributed by atoms with Crippen LogP contribution in [0.5, 0.6) is 0 Å². The van der Waals surface area contributed by atoms with Crippen LogP contribution < -0.4 is 0 Å². The average Bonchev–Trinajstić information content (AvgIpc) is 3.26. The van der Waals surface area contributed by atoms with Crippen LogP contribution in [-0.2, 0) is 0 Å². The summed E-state index contributed by atoms with van der Waals surface area (Å²) < 4.78 is 1.59. The molecule has 0 aliphatic carbocycles. The van der Waals surface area contributed by atoms with Crippen molar-refractivity contribution in [2.45, 2.75) is 32.7 Å². The van der Waals surface area contributed by atoms with Gasteiger partial charge in [0, 0.05) is 31.2 Å². The minimum Gasteiger partial charge on any atom is -0.326 e. The zero-order valence-electron chi connectivity index (χ0n) is 17.4. The predicted molar refractivity (Wildman–Crippen MR) is 116 cm³/mol. The molecule has 0 aliphatic heterocycles. The molecule has 0 spiro atoms. The molecule has 3 heterocycles. The smallest absolute Gasteiger partial charge is 0.273 e. The molecule has 30 heavy (non-hydrogen) atoms. The Morgan fingerprint density at radius 2 is 1.73 bits per heavy atom. The Kier molecular flexibility index (Phi) is 5.57. The summed E-state index contributed by atoms with van der Waals surface area (Å²) in [6.45, 7) is 6.88. The first-order chi connectivity index (χ1) is 14.6. The Balaban J connectivity index is 1.80. The van der Waals surface area contributed by atoms with E-state index in [9.17, 15) is 4.79 Å². The number of pyridine rings is 1. The lowest BCUT2D eigenvalue weighted by molar-refractivity contribution is 0.0707. The third-order valence-corrected chi connectivity index (χ3v) is 5.34. The van der Waals surface area contributed by atoms with E-state index in [2.05, 4.69) is 53.2 Å². The number of benzene rings is 1. The van der Waals surface area contributed by atoms with Gasteiger partial charge in [0.05, 0.1) is 12.2 Å². The van der Waals surface area contributed by atoms with E-state index in [-0.39, 0.29) is 11.9 Å². The number of carbonyl (C=O) groups is 1. The van der Waals surface area contributed by atoms with Crippen LogP contribution in [0, 0.1) is 0 Å². The monoisotopic (exact) mass is 399 g/mol. The molecule has 1 atom stereocenters. The second kappa shape index (κ2) is 8.45. The number of hydrogen-bond donors (Lipinski definition) is 0. The number of fused-ring (bicyclic) bond motifs is 1. The van der Waals surface area contributed by atoms with Crippen molar-refractivity contribution in [1.29, 1.82) is 0 Å². The molecule has 1 amide bonds. The predicted octanol–water partition coefficient (Wildman–Crippen LogP) is 4.50. The standard InChI is InChI=1S/C24H25N5O/c1-4-28(24(30)21-11-14-26-22-12-15-27-29(21)22)23(20-6-5-13-25-16-20)19-9-7-18(8-10-19)17(2)3/h5-17,23H,4H2,1-3H3. The largest absolute Gasteiger partial charge is 0.326 e. The van der Waals surface area contributed by atoms with Crippen molar-refractivity contribution in [3.05, 3.63) is 95.7 Å². The first-order valence-corrected chi connectivity index (χ1v) is 10.2. The van der Waals surface area contributed by atoms with Crippen LogP contribution in [0.4, 0.5) is 0 Å². The molecule has 1 aromatic carbocycles. The molecule has 152 valence electrons. The zero-order chi connectivity index (χ0) is 21.1. The Hall–Kier alpha value is -3.54. The highest BCUT2D eigenvalue weighted by molar-refractivity contribution is 5.93. The van der Waals surface area contributed by atoms with E-state index in [0.29, 0.717) is 23.8 Å². The molecule has 6 nitrogen and oxygen atoms in total. The highest BCUT2D eigenvalue weighted by Crippen LogP contribution is 2.30. The first kappa shape index (κ1) is 19.8. The van der Waals surface area contributed by atoms with Crippen molar-refractivity contribution >= 4 is 11.6 Å². The van der Waals surface area contributed by atoms with Gasteiger partial charge in [-0.25, -0.2) is 9.50 Å². The van der Waals surface area contributed by atoms with E-state index in [0.717, 1.165) is 11.1 Å².